The van der Waals surface area contributed by atoms with Gasteiger partial charge in [-0.3, -0.25) is 14.3 Å². The summed E-state index contributed by atoms with van der Waals surface area (Å²) >= 11 is 6.13. The van der Waals surface area contributed by atoms with E-state index in [1.165, 1.54) is 0 Å². The molecule has 0 aliphatic carbocycles. The number of carbonyl (C=O) groups is 2. The summed E-state index contributed by atoms with van der Waals surface area (Å²) < 4.78 is 1.55. The van der Waals surface area contributed by atoms with Crippen molar-refractivity contribution < 1.29 is 9.59 Å². The number of nitrogens with one attached hydrogen (secondary N) is 2. The van der Waals surface area contributed by atoms with Gasteiger partial charge in [-0.2, -0.15) is 5.10 Å². The monoisotopic (exact) mass is 334 g/mol. The molecule has 1 aromatic heterocycles. The number of halogens is 1. The molecule has 0 saturated heterocycles. The van der Waals surface area contributed by atoms with Crippen molar-refractivity contribution in [2.45, 2.75) is 20.8 Å². The van der Waals surface area contributed by atoms with E-state index in [0.717, 1.165) is 5.56 Å². The summed E-state index contributed by atoms with van der Waals surface area (Å²) in [5.41, 5.74) is 2.75. The van der Waals surface area contributed by atoms with Gasteiger partial charge >= 0.3 is 0 Å². The lowest BCUT2D eigenvalue weighted by Gasteiger charge is -2.10. The third-order valence-electron chi connectivity index (χ3n) is 3.56. The molecular weight excluding hydrogens is 316 g/mol. The van der Waals surface area contributed by atoms with Crippen LogP contribution in [0.2, 0.25) is 5.02 Å². The van der Waals surface area contributed by atoms with Crippen LogP contribution in [0.25, 0.3) is 0 Å². The SMILES string of the molecule is CCNC(=O)c1ccc(C)c(NC(=O)c2nn(C)c(C)c2Cl)c1. The Bertz CT molecular complexity index is 768. The molecule has 122 valence electrons. The third kappa shape index (κ3) is 3.53. The Kier molecular flexibility index (Phi) is 5.05. The topological polar surface area (TPSA) is 76.0 Å². The maximum absolute atomic E-state index is 12.4. The highest BCUT2D eigenvalue weighted by Gasteiger charge is 2.19. The van der Waals surface area contributed by atoms with E-state index in [1.54, 1.807) is 36.9 Å². The van der Waals surface area contributed by atoms with E-state index in [0.29, 0.717) is 28.5 Å². The maximum atomic E-state index is 12.4. The Hall–Kier alpha value is -2.34. The van der Waals surface area contributed by atoms with Crippen molar-refractivity contribution in [1.82, 2.24) is 15.1 Å². The molecule has 0 atom stereocenters. The van der Waals surface area contributed by atoms with E-state index >= 15 is 0 Å². The predicted molar refractivity (Wildman–Crippen MR) is 90.1 cm³/mol. The van der Waals surface area contributed by atoms with Crippen LogP contribution >= 0.6 is 11.6 Å². The molecule has 2 N–H and O–H groups in total. The first-order chi connectivity index (χ1) is 10.8. The number of benzene rings is 1. The Morgan fingerprint density at radius 3 is 2.52 bits per heavy atom. The summed E-state index contributed by atoms with van der Waals surface area (Å²) in [5, 5.41) is 9.93. The number of carbonyl (C=O) groups excluding carboxylic acids is 2. The Labute approximate surface area is 139 Å². The lowest BCUT2D eigenvalue weighted by molar-refractivity contribution is 0.0954. The van der Waals surface area contributed by atoms with Crippen LogP contribution in [0.5, 0.6) is 0 Å². The molecule has 1 heterocycles. The van der Waals surface area contributed by atoms with Gasteiger partial charge in [-0.25, -0.2) is 0 Å². The van der Waals surface area contributed by atoms with Crippen molar-refractivity contribution >= 4 is 29.1 Å². The largest absolute Gasteiger partial charge is 0.352 e. The summed E-state index contributed by atoms with van der Waals surface area (Å²) in [7, 11) is 1.72. The number of nitrogens with zero attached hydrogens (tertiary/aromatic N) is 2. The van der Waals surface area contributed by atoms with E-state index < -0.39 is 5.91 Å². The first-order valence-electron chi connectivity index (χ1n) is 7.24. The number of anilines is 1. The first kappa shape index (κ1) is 17.0. The molecule has 0 unspecified atom stereocenters. The van der Waals surface area contributed by atoms with Gasteiger partial charge in [-0.05, 0) is 38.5 Å². The number of aromatic nitrogens is 2. The van der Waals surface area contributed by atoms with Gasteiger partial charge in [0.15, 0.2) is 5.69 Å². The van der Waals surface area contributed by atoms with Crippen LogP contribution in [-0.2, 0) is 7.05 Å². The molecule has 0 aliphatic rings. The smallest absolute Gasteiger partial charge is 0.277 e. The Morgan fingerprint density at radius 1 is 1.26 bits per heavy atom. The van der Waals surface area contributed by atoms with Crippen molar-refractivity contribution in [1.29, 1.82) is 0 Å². The quantitative estimate of drug-likeness (QED) is 0.902. The maximum Gasteiger partial charge on any atom is 0.277 e. The minimum absolute atomic E-state index is 0.162. The molecule has 0 radical (unpaired) electrons. The van der Waals surface area contributed by atoms with Gasteiger partial charge in [0.25, 0.3) is 11.8 Å². The third-order valence-corrected chi connectivity index (χ3v) is 4.01. The van der Waals surface area contributed by atoms with Crippen LogP contribution in [-0.4, -0.2) is 28.1 Å². The minimum Gasteiger partial charge on any atom is -0.352 e. The molecule has 2 amide bonds. The fourth-order valence-electron chi connectivity index (χ4n) is 2.07. The van der Waals surface area contributed by atoms with Crippen LogP contribution in [0, 0.1) is 13.8 Å². The van der Waals surface area contributed by atoms with Gasteiger partial charge in [0.1, 0.15) is 0 Å². The van der Waals surface area contributed by atoms with E-state index in [-0.39, 0.29) is 11.6 Å². The average Bonchev–Trinajstić information content (AvgIpc) is 2.77. The number of hydrogen-bond donors (Lipinski definition) is 2. The van der Waals surface area contributed by atoms with Gasteiger partial charge in [-0.15, -0.1) is 0 Å². The molecule has 2 aromatic rings. The average molecular weight is 335 g/mol. The second-order valence-electron chi connectivity index (χ2n) is 5.21. The molecular formula is C16H19ClN4O2. The molecule has 7 heteroatoms. The zero-order valence-corrected chi connectivity index (χ0v) is 14.3. The van der Waals surface area contributed by atoms with Crippen molar-refractivity contribution in [3.05, 3.63) is 45.7 Å². The number of aryl methyl sites for hydroxylation is 2. The van der Waals surface area contributed by atoms with Crippen LogP contribution < -0.4 is 10.6 Å². The van der Waals surface area contributed by atoms with E-state index in [9.17, 15) is 9.59 Å². The van der Waals surface area contributed by atoms with Crippen molar-refractivity contribution in [2.24, 2.45) is 7.05 Å². The van der Waals surface area contributed by atoms with Gasteiger partial charge in [-0.1, -0.05) is 17.7 Å². The van der Waals surface area contributed by atoms with Crippen LogP contribution in [0.4, 0.5) is 5.69 Å². The highest BCUT2D eigenvalue weighted by atomic mass is 35.5. The van der Waals surface area contributed by atoms with E-state index in [4.69, 9.17) is 11.6 Å². The van der Waals surface area contributed by atoms with Crippen molar-refractivity contribution in [2.75, 3.05) is 11.9 Å². The van der Waals surface area contributed by atoms with Crippen molar-refractivity contribution in [3.8, 4) is 0 Å². The molecule has 0 saturated carbocycles. The summed E-state index contributed by atoms with van der Waals surface area (Å²) in [6.07, 6.45) is 0. The standard InChI is InChI=1S/C16H19ClN4O2/c1-5-18-15(22)11-7-6-9(2)12(8-11)19-16(23)14-13(17)10(3)21(4)20-14/h6-8H,5H2,1-4H3,(H,18,22)(H,19,23). The number of hydrogen-bond acceptors (Lipinski definition) is 3. The Morgan fingerprint density at radius 2 is 1.96 bits per heavy atom. The van der Waals surface area contributed by atoms with E-state index in [2.05, 4.69) is 15.7 Å². The molecule has 0 spiro atoms. The summed E-state index contributed by atoms with van der Waals surface area (Å²) in [4.78, 5) is 24.3. The molecule has 0 bridgehead atoms. The first-order valence-corrected chi connectivity index (χ1v) is 7.62. The highest BCUT2D eigenvalue weighted by molar-refractivity contribution is 6.34. The number of amides is 2. The fourth-order valence-corrected chi connectivity index (χ4v) is 2.32. The molecule has 23 heavy (non-hydrogen) atoms. The predicted octanol–water partition coefficient (Wildman–Crippen LogP) is 2.69. The van der Waals surface area contributed by atoms with Crippen LogP contribution in [0.1, 0.15) is 39.0 Å². The Balaban J connectivity index is 2.28. The molecule has 2 rings (SSSR count). The lowest BCUT2D eigenvalue weighted by atomic mass is 10.1. The number of rotatable bonds is 4. The van der Waals surface area contributed by atoms with Gasteiger partial charge < -0.3 is 10.6 Å². The molecule has 0 aliphatic heterocycles. The second-order valence-corrected chi connectivity index (χ2v) is 5.59. The second kappa shape index (κ2) is 6.83. The zero-order valence-electron chi connectivity index (χ0n) is 13.5. The van der Waals surface area contributed by atoms with E-state index in [1.807, 2.05) is 13.8 Å². The van der Waals surface area contributed by atoms with Gasteiger partial charge in [0.05, 0.1) is 10.7 Å². The normalized spacial score (nSPS) is 10.5. The van der Waals surface area contributed by atoms with Crippen molar-refractivity contribution in [3.63, 3.8) is 0 Å². The van der Waals surface area contributed by atoms with Crippen LogP contribution in [0.15, 0.2) is 18.2 Å². The fraction of sp³-hybridized carbons (Fsp3) is 0.312. The summed E-state index contributed by atoms with van der Waals surface area (Å²) in [6, 6.07) is 5.14. The summed E-state index contributed by atoms with van der Waals surface area (Å²) in [6.45, 7) is 6.02. The minimum atomic E-state index is -0.408. The van der Waals surface area contributed by atoms with Crippen LogP contribution in [0.3, 0.4) is 0 Å². The molecule has 0 fully saturated rings. The zero-order chi connectivity index (χ0) is 17.1. The molecule has 1 aromatic carbocycles. The lowest BCUT2D eigenvalue weighted by Crippen LogP contribution is -2.23. The van der Waals surface area contributed by atoms with Gasteiger partial charge in [0, 0.05) is 24.8 Å². The highest BCUT2D eigenvalue weighted by Crippen LogP contribution is 2.22. The molecule has 6 nitrogen and oxygen atoms in total. The summed E-state index contributed by atoms with van der Waals surface area (Å²) in [5.74, 6) is -0.593. The van der Waals surface area contributed by atoms with Gasteiger partial charge in [0.2, 0.25) is 0 Å².